The Morgan fingerprint density at radius 3 is 2.38 bits per heavy atom. The summed E-state index contributed by atoms with van der Waals surface area (Å²) >= 11 is 0. The van der Waals surface area contributed by atoms with E-state index in [-0.39, 0.29) is 5.54 Å². The van der Waals surface area contributed by atoms with E-state index in [9.17, 15) is 0 Å². The van der Waals surface area contributed by atoms with Gasteiger partial charge in [0.25, 0.3) is 0 Å². The smallest absolute Gasteiger partial charge is 0.233 e. The molecule has 44 valence electrons. The van der Waals surface area contributed by atoms with Crippen molar-refractivity contribution in [3.8, 4) is 0 Å². The fourth-order valence-corrected chi connectivity index (χ4v) is 1.03. The van der Waals surface area contributed by atoms with Crippen molar-refractivity contribution in [2.75, 3.05) is 0 Å². The van der Waals surface area contributed by atoms with Gasteiger partial charge >= 0.3 is 0 Å². The van der Waals surface area contributed by atoms with Crippen molar-refractivity contribution in [2.45, 2.75) is 38.1 Å². The van der Waals surface area contributed by atoms with Crippen molar-refractivity contribution >= 4 is 0 Å². The molecule has 0 aromatic carbocycles. The summed E-state index contributed by atoms with van der Waals surface area (Å²) in [5, 5.41) is 0. The van der Waals surface area contributed by atoms with Crippen molar-refractivity contribution in [3.63, 3.8) is 0 Å². The van der Waals surface area contributed by atoms with Crippen LogP contribution in [-0.2, 0) is 0 Å². The van der Waals surface area contributed by atoms with Gasteiger partial charge < -0.3 is 4.85 Å². The van der Waals surface area contributed by atoms with Gasteiger partial charge in [0, 0.05) is 19.3 Å². The maximum atomic E-state index is 6.80. The third kappa shape index (κ3) is 0.838. The van der Waals surface area contributed by atoms with E-state index in [2.05, 4.69) is 11.8 Å². The summed E-state index contributed by atoms with van der Waals surface area (Å²) in [7, 11) is 0. The first-order chi connectivity index (χ1) is 3.83. The lowest BCUT2D eigenvalue weighted by atomic mass is 10.1. The Labute approximate surface area is 50.5 Å². The average Bonchev–Trinajstić information content (AvgIpc) is 2.50. The second-order valence-electron chi connectivity index (χ2n) is 2.59. The number of hydrogen-bond donors (Lipinski definition) is 0. The summed E-state index contributed by atoms with van der Waals surface area (Å²) < 4.78 is 0. The van der Waals surface area contributed by atoms with Crippen molar-refractivity contribution < 1.29 is 0 Å². The maximum absolute atomic E-state index is 6.80. The molecule has 1 nitrogen and oxygen atoms in total. The van der Waals surface area contributed by atoms with Crippen LogP contribution in [0.5, 0.6) is 0 Å². The second kappa shape index (κ2) is 1.78. The lowest BCUT2D eigenvalue weighted by Crippen LogP contribution is -1.98. The topological polar surface area (TPSA) is 4.36 Å². The minimum Gasteiger partial charge on any atom is -0.310 e. The highest BCUT2D eigenvalue weighted by Crippen LogP contribution is 2.43. The van der Waals surface area contributed by atoms with E-state index in [0.717, 1.165) is 19.3 Å². The Bertz CT molecular complexity index is 117. The minimum atomic E-state index is 0.134. The van der Waals surface area contributed by atoms with Gasteiger partial charge in [0.2, 0.25) is 5.54 Å². The summed E-state index contributed by atoms with van der Waals surface area (Å²) in [6.07, 6.45) is 4.60. The molecule has 1 aliphatic carbocycles. The summed E-state index contributed by atoms with van der Waals surface area (Å²) in [6.45, 7) is 8.94. The zero-order valence-corrected chi connectivity index (χ0v) is 5.28. The maximum Gasteiger partial charge on any atom is 0.233 e. The lowest BCUT2D eigenvalue weighted by molar-refractivity contribution is 0.677. The van der Waals surface area contributed by atoms with Crippen LogP contribution in [0.25, 0.3) is 4.85 Å². The van der Waals surface area contributed by atoms with Gasteiger partial charge in [0.15, 0.2) is 0 Å². The average molecular weight is 109 g/mol. The molecule has 0 aromatic heterocycles. The molecule has 0 spiro atoms. The van der Waals surface area contributed by atoms with Crippen LogP contribution in [0.2, 0.25) is 0 Å². The van der Waals surface area contributed by atoms with Crippen LogP contribution in [0.15, 0.2) is 0 Å². The molecule has 1 fully saturated rings. The van der Waals surface area contributed by atoms with Crippen LogP contribution in [0.4, 0.5) is 0 Å². The molecule has 0 atom stereocenters. The Balaban J connectivity index is 2.33. The highest BCUT2D eigenvalue weighted by atomic mass is 14.9. The Hall–Kier alpha value is -0.510. The predicted molar refractivity (Wildman–Crippen MR) is 33.5 cm³/mol. The van der Waals surface area contributed by atoms with Crippen LogP contribution in [0.3, 0.4) is 0 Å². The lowest BCUT2D eigenvalue weighted by Gasteiger charge is -1.94. The van der Waals surface area contributed by atoms with Gasteiger partial charge in [0.1, 0.15) is 0 Å². The quantitative estimate of drug-likeness (QED) is 0.479. The van der Waals surface area contributed by atoms with Crippen LogP contribution in [-0.4, -0.2) is 5.54 Å². The molecule has 8 heavy (non-hydrogen) atoms. The van der Waals surface area contributed by atoms with Gasteiger partial charge in [0.05, 0.1) is 0 Å². The van der Waals surface area contributed by atoms with Gasteiger partial charge in [-0.25, -0.2) is 6.57 Å². The molecule has 0 aliphatic heterocycles. The van der Waals surface area contributed by atoms with Gasteiger partial charge in [-0.15, -0.1) is 0 Å². The van der Waals surface area contributed by atoms with E-state index >= 15 is 0 Å². The Kier molecular flexibility index (Phi) is 1.25. The standard InChI is InChI=1S/C7H11N/c1-3-4-7(8-2)5-6-7/h3-6H2,1H3. The van der Waals surface area contributed by atoms with Crippen molar-refractivity contribution in [1.29, 1.82) is 0 Å². The first-order valence-corrected chi connectivity index (χ1v) is 3.21. The molecule has 0 saturated heterocycles. The molecule has 1 saturated carbocycles. The summed E-state index contributed by atoms with van der Waals surface area (Å²) in [5.41, 5.74) is 0.134. The van der Waals surface area contributed by atoms with Gasteiger partial charge in [-0.1, -0.05) is 6.92 Å². The molecule has 0 aromatic rings. The van der Waals surface area contributed by atoms with E-state index in [0.29, 0.717) is 0 Å². The fourth-order valence-electron chi connectivity index (χ4n) is 1.03. The fraction of sp³-hybridized carbons (Fsp3) is 0.857. The normalized spacial score (nSPS) is 22.0. The number of nitrogens with zero attached hydrogens (tertiary/aromatic N) is 1. The highest BCUT2D eigenvalue weighted by Gasteiger charge is 2.49. The van der Waals surface area contributed by atoms with E-state index in [1.165, 1.54) is 6.42 Å². The Morgan fingerprint density at radius 1 is 1.62 bits per heavy atom. The minimum absolute atomic E-state index is 0.134. The monoisotopic (exact) mass is 109 g/mol. The third-order valence-corrected chi connectivity index (χ3v) is 1.78. The van der Waals surface area contributed by atoms with Gasteiger partial charge in [-0.3, -0.25) is 0 Å². The molecule has 0 N–H and O–H groups in total. The van der Waals surface area contributed by atoms with Crippen molar-refractivity contribution in [1.82, 2.24) is 0 Å². The Morgan fingerprint density at radius 2 is 2.25 bits per heavy atom. The molecule has 1 heteroatoms. The summed E-state index contributed by atoms with van der Waals surface area (Å²) in [5.74, 6) is 0. The highest BCUT2D eigenvalue weighted by molar-refractivity contribution is 5.10. The first kappa shape index (κ1) is 5.62. The van der Waals surface area contributed by atoms with Crippen LogP contribution in [0, 0.1) is 6.57 Å². The van der Waals surface area contributed by atoms with Crippen LogP contribution >= 0.6 is 0 Å². The molecular weight excluding hydrogens is 98.1 g/mol. The first-order valence-electron chi connectivity index (χ1n) is 3.21. The van der Waals surface area contributed by atoms with Gasteiger partial charge in [-0.05, 0) is 6.42 Å². The summed E-state index contributed by atoms with van der Waals surface area (Å²) in [6, 6.07) is 0. The molecule has 1 aliphatic rings. The van der Waals surface area contributed by atoms with Crippen molar-refractivity contribution in [3.05, 3.63) is 11.4 Å². The molecule has 0 heterocycles. The molecule has 0 unspecified atom stereocenters. The molecule has 0 amide bonds. The zero-order valence-electron chi connectivity index (χ0n) is 5.28. The number of hydrogen-bond acceptors (Lipinski definition) is 0. The van der Waals surface area contributed by atoms with Crippen molar-refractivity contribution in [2.24, 2.45) is 0 Å². The molecule has 1 rings (SSSR count). The largest absolute Gasteiger partial charge is 0.310 e. The van der Waals surface area contributed by atoms with E-state index in [4.69, 9.17) is 6.57 Å². The van der Waals surface area contributed by atoms with Gasteiger partial charge in [-0.2, -0.15) is 0 Å². The molecule has 0 bridgehead atoms. The van der Waals surface area contributed by atoms with E-state index in [1.54, 1.807) is 0 Å². The zero-order chi connectivity index (χ0) is 6.04. The predicted octanol–water partition coefficient (Wildman–Crippen LogP) is 2.24. The molecular formula is C7H11N. The van der Waals surface area contributed by atoms with Crippen LogP contribution < -0.4 is 0 Å². The number of rotatable bonds is 2. The van der Waals surface area contributed by atoms with E-state index < -0.39 is 0 Å². The molecule has 0 radical (unpaired) electrons. The third-order valence-electron chi connectivity index (χ3n) is 1.78. The summed E-state index contributed by atoms with van der Waals surface area (Å²) in [4.78, 5) is 3.57. The second-order valence-corrected chi connectivity index (χ2v) is 2.59. The van der Waals surface area contributed by atoms with E-state index in [1.807, 2.05) is 0 Å². The van der Waals surface area contributed by atoms with Crippen LogP contribution in [0.1, 0.15) is 32.6 Å². The SMILES string of the molecule is [C-]#[N+]C1(CCC)CC1.